The third kappa shape index (κ3) is 3.68. The second kappa shape index (κ2) is 5.88. The third-order valence-electron chi connectivity index (χ3n) is 4.20. The number of ether oxygens (including phenoxy) is 1. The van der Waals surface area contributed by atoms with E-state index in [0.29, 0.717) is 18.2 Å². The predicted octanol–water partition coefficient (Wildman–Crippen LogP) is 1.50. The summed E-state index contributed by atoms with van der Waals surface area (Å²) in [5.41, 5.74) is 0. The standard InChI is InChI=1S/C13H25NO3S/c1-3-17-12-7-11(8-12)14-10-5-4-6-13(9-10)18(2,15)16/h10-14H,3-9H2,1-2H3. The van der Waals surface area contributed by atoms with Crippen LogP contribution in [0.15, 0.2) is 0 Å². The van der Waals surface area contributed by atoms with Crippen molar-refractivity contribution in [1.29, 1.82) is 0 Å². The van der Waals surface area contributed by atoms with Gasteiger partial charge in [0.1, 0.15) is 9.84 Å². The molecule has 1 N–H and O–H groups in total. The van der Waals surface area contributed by atoms with Crippen LogP contribution in [-0.4, -0.2) is 44.7 Å². The minimum atomic E-state index is -2.87. The fourth-order valence-electron chi connectivity index (χ4n) is 3.09. The lowest BCUT2D eigenvalue weighted by molar-refractivity contribution is -0.0133. The zero-order chi connectivity index (χ0) is 13.2. The summed E-state index contributed by atoms with van der Waals surface area (Å²) in [4.78, 5) is 0. The predicted molar refractivity (Wildman–Crippen MR) is 72.5 cm³/mol. The van der Waals surface area contributed by atoms with Crippen molar-refractivity contribution in [3.8, 4) is 0 Å². The molecule has 2 aliphatic carbocycles. The first-order valence-electron chi connectivity index (χ1n) is 7.05. The maximum Gasteiger partial charge on any atom is 0.150 e. The summed E-state index contributed by atoms with van der Waals surface area (Å²) in [5, 5.41) is 3.47. The molecular weight excluding hydrogens is 250 g/mol. The van der Waals surface area contributed by atoms with Crippen LogP contribution in [0.2, 0.25) is 0 Å². The van der Waals surface area contributed by atoms with Crippen molar-refractivity contribution in [2.24, 2.45) is 0 Å². The van der Waals surface area contributed by atoms with E-state index in [9.17, 15) is 8.42 Å². The van der Waals surface area contributed by atoms with Crippen LogP contribution in [0.3, 0.4) is 0 Å². The normalized spacial score (nSPS) is 37.2. The van der Waals surface area contributed by atoms with Crippen LogP contribution in [0.4, 0.5) is 0 Å². The number of hydrogen-bond acceptors (Lipinski definition) is 4. The van der Waals surface area contributed by atoms with Crippen LogP contribution in [0.25, 0.3) is 0 Å². The summed E-state index contributed by atoms with van der Waals surface area (Å²) in [6.45, 7) is 2.82. The van der Waals surface area contributed by atoms with E-state index in [4.69, 9.17) is 4.74 Å². The van der Waals surface area contributed by atoms with E-state index in [2.05, 4.69) is 5.32 Å². The molecular formula is C13H25NO3S. The first-order valence-corrected chi connectivity index (χ1v) is 9.01. The van der Waals surface area contributed by atoms with Gasteiger partial charge in [-0.05, 0) is 39.0 Å². The van der Waals surface area contributed by atoms with E-state index in [0.717, 1.165) is 45.1 Å². The van der Waals surface area contributed by atoms with Gasteiger partial charge in [0.15, 0.2) is 0 Å². The van der Waals surface area contributed by atoms with Crippen LogP contribution in [-0.2, 0) is 14.6 Å². The highest BCUT2D eigenvalue weighted by molar-refractivity contribution is 7.91. The fraction of sp³-hybridized carbons (Fsp3) is 1.00. The molecule has 2 saturated carbocycles. The molecule has 0 spiro atoms. The van der Waals surface area contributed by atoms with Gasteiger partial charge in [0.2, 0.25) is 0 Å². The Hall–Kier alpha value is -0.130. The number of sulfone groups is 1. The molecule has 0 radical (unpaired) electrons. The topological polar surface area (TPSA) is 55.4 Å². The van der Waals surface area contributed by atoms with Gasteiger partial charge in [-0.15, -0.1) is 0 Å². The molecule has 0 bridgehead atoms. The summed E-state index contributed by atoms with van der Waals surface area (Å²) in [5.74, 6) is 0. The Kier molecular flexibility index (Phi) is 4.67. The SMILES string of the molecule is CCOC1CC(NC2CCCC(S(C)(=O)=O)C2)C1. The van der Waals surface area contributed by atoms with E-state index in [1.54, 1.807) is 0 Å². The van der Waals surface area contributed by atoms with Gasteiger partial charge in [0, 0.05) is 24.9 Å². The van der Waals surface area contributed by atoms with Gasteiger partial charge in [0.25, 0.3) is 0 Å². The highest BCUT2D eigenvalue weighted by Gasteiger charge is 2.34. The largest absolute Gasteiger partial charge is 0.378 e. The van der Waals surface area contributed by atoms with Gasteiger partial charge < -0.3 is 10.1 Å². The number of nitrogens with one attached hydrogen (secondary N) is 1. The second-order valence-corrected chi connectivity index (χ2v) is 8.05. The molecule has 0 aromatic heterocycles. The molecule has 0 aromatic rings. The smallest absolute Gasteiger partial charge is 0.150 e. The summed E-state index contributed by atoms with van der Waals surface area (Å²) < 4.78 is 28.7. The molecule has 2 aliphatic rings. The van der Waals surface area contributed by atoms with Gasteiger partial charge in [-0.2, -0.15) is 0 Å². The van der Waals surface area contributed by atoms with Gasteiger partial charge >= 0.3 is 0 Å². The Morgan fingerprint density at radius 2 is 1.89 bits per heavy atom. The van der Waals surface area contributed by atoms with Gasteiger partial charge in [-0.3, -0.25) is 0 Å². The lowest BCUT2D eigenvalue weighted by atomic mass is 9.86. The molecule has 2 unspecified atom stereocenters. The average Bonchev–Trinajstić information content (AvgIpc) is 2.26. The zero-order valence-electron chi connectivity index (χ0n) is 11.4. The molecule has 4 nitrogen and oxygen atoms in total. The van der Waals surface area contributed by atoms with Crippen molar-refractivity contribution in [3.05, 3.63) is 0 Å². The van der Waals surface area contributed by atoms with Crippen LogP contribution in [0.1, 0.15) is 45.4 Å². The minimum absolute atomic E-state index is 0.133. The van der Waals surface area contributed by atoms with E-state index in [-0.39, 0.29) is 5.25 Å². The van der Waals surface area contributed by atoms with Gasteiger partial charge in [0.05, 0.1) is 11.4 Å². The first-order chi connectivity index (χ1) is 8.49. The van der Waals surface area contributed by atoms with Crippen LogP contribution in [0, 0.1) is 0 Å². The minimum Gasteiger partial charge on any atom is -0.378 e. The van der Waals surface area contributed by atoms with E-state index < -0.39 is 9.84 Å². The quantitative estimate of drug-likeness (QED) is 0.826. The number of hydrogen-bond donors (Lipinski definition) is 1. The van der Waals surface area contributed by atoms with E-state index in [1.165, 1.54) is 6.26 Å². The molecule has 106 valence electrons. The molecule has 2 rings (SSSR count). The van der Waals surface area contributed by atoms with Crippen molar-refractivity contribution >= 4 is 9.84 Å². The van der Waals surface area contributed by atoms with Crippen molar-refractivity contribution in [2.75, 3.05) is 12.9 Å². The Labute approximate surface area is 110 Å². The monoisotopic (exact) mass is 275 g/mol. The molecule has 0 aliphatic heterocycles. The molecule has 0 amide bonds. The summed E-state index contributed by atoms with van der Waals surface area (Å²) in [6, 6.07) is 0.913. The molecule has 0 heterocycles. The molecule has 2 atom stereocenters. The van der Waals surface area contributed by atoms with Crippen molar-refractivity contribution in [3.63, 3.8) is 0 Å². The fourth-order valence-corrected chi connectivity index (χ4v) is 4.27. The van der Waals surface area contributed by atoms with Crippen molar-refractivity contribution in [2.45, 2.75) is 68.9 Å². The van der Waals surface area contributed by atoms with E-state index in [1.807, 2.05) is 6.92 Å². The van der Waals surface area contributed by atoms with Crippen LogP contribution in [0.5, 0.6) is 0 Å². The highest BCUT2D eigenvalue weighted by atomic mass is 32.2. The second-order valence-electron chi connectivity index (χ2n) is 5.73. The van der Waals surface area contributed by atoms with Crippen LogP contribution < -0.4 is 5.32 Å². The maximum absolute atomic E-state index is 11.6. The molecule has 18 heavy (non-hydrogen) atoms. The Bertz CT molecular complexity index is 362. The molecule has 5 heteroatoms. The van der Waals surface area contributed by atoms with Gasteiger partial charge in [-0.25, -0.2) is 8.42 Å². The molecule has 0 saturated heterocycles. The Morgan fingerprint density at radius 1 is 1.17 bits per heavy atom. The summed E-state index contributed by atoms with van der Waals surface area (Å²) >= 11 is 0. The number of rotatable bonds is 5. The molecule has 2 fully saturated rings. The van der Waals surface area contributed by atoms with Gasteiger partial charge in [-0.1, -0.05) is 6.42 Å². The summed E-state index contributed by atoms with van der Waals surface area (Å²) in [6.07, 6.45) is 7.70. The van der Waals surface area contributed by atoms with Crippen LogP contribution >= 0.6 is 0 Å². The first kappa shape index (κ1) is 14.3. The Balaban J connectivity index is 1.74. The zero-order valence-corrected chi connectivity index (χ0v) is 12.2. The maximum atomic E-state index is 11.6. The van der Waals surface area contributed by atoms with Crippen molar-refractivity contribution in [1.82, 2.24) is 5.32 Å². The van der Waals surface area contributed by atoms with E-state index >= 15 is 0 Å². The highest BCUT2D eigenvalue weighted by Crippen LogP contribution is 2.28. The Morgan fingerprint density at radius 3 is 2.50 bits per heavy atom. The third-order valence-corrected chi connectivity index (χ3v) is 5.84. The molecule has 0 aromatic carbocycles. The average molecular weight is 275 g/mol. The lowest BCUT2D eigenvalue weighted by Gasteiger charge is -2.40. The van der Waals surface area contributed by atoms with Crippen molar-refractivity contribution < 1.29 is 13.2 Å². The summed E-state index contributed by atoms with van der Waals surface area (Å²) in [7, 11) is -2.87. The lowest BCUT2D eigenvalue weighted by Crippen LogP contribution is -2.51.